The Kier molecular flexibility index (Phi) is 19.4. The molecule has 1 unspecified atom stereocenters. The fraction of sp³-hybridized carbons (Fsp3) is 0.765. The molecule has 2 saturated heterocycles. The van der Waals surface area contributed by atoms with Crippen LogP contribution in [0.2, 0.25) is 0 Å². The number of hydrogen-bond donors (Lipinski definition) is 4. The van der Waals surface area contributed by atoms with Crippen LogP contribution < -0.4 is 0 Å². The number of rotatable bonds is 3. The Bertz CT molecular complexity index is 1650. The minimum Gasteiger partial charge on any atom is -0.460 e. The maximum atomic E-state index is 14.3. The highest BCUT2D eigenvalue weighted by Crippen LogP contribution is 2.39. The number of aliphatic hydroxyl groups is 4. The van der Waals surface area contributed by atoms with Gasteiger partial charge in [-0.15, -0.1) is 0 Å². The van der Waals surface area contributed by atoms with Gasteiger partial charge in [0.15, 0.2) is 6.10 Å². The smallest absolute Gasteiger partial charge is 0.329 e. The minimum absolute atomic E-state index is 0.0422. The second-order valence-corrected chi connectivity index (χ2v) is 20.3. The van der Waals surface area contributed by atoms with Crippen molar-refractivity contribution in [1.82, 2.24) is 4.90 Å². The maximum Gasteiger partial charge on any atom is 0.329 e. The molecule has 1 aliphatic carbocycles. The van der Waals surface area contributed by atoms with E-state index in [-0.39, 0.29) is 66.1 Å². The van der Waals surface area contributed by atoms with Gasteiger partial charge in [-0.05, 0) is 120 Å². The first-order valence-electron chi connectivity index (χ1n) is 23.9. The summed E-state index contributed by atoms with van der Waals surface area (Å²) < 4.78 is 12.6. The molecule has 4 rings (SSSR count). The Morgan fingerprint density at radius 3 is 2.23 bits per heavy atom. The molecular weight excluding hydrogens is 787 g/mol. The van der Waals surface area contributed by atoms with Crippen LogP contribution in [0.15, 0.2) is 47.6 Å². The monoisotopic (exact) mass is 868 g/mol. The molecule has 1 saturated carbocycles. The van der Waals surface area contributed by atoms with Crippen LogP contribution >= 0.6 is 0 Å². The van der Waals surface area contributed by atoms with E-state index < -0.39 is 65.9 Å². The van der Waals surface area contributed by atoms with Crippen molar-refractivity contribution >= 4 is 23.4 Å². The molecule has 62 heavy (non-hydrogen) atoms. The molecule has 0 aromatic heterocycles. The molecule has 4 N–H and O–H groups in total. The highest BCUT2D eigenvalue weighted by atomic mass is 16.6. The van der Waals surface area contributed by atoms with Gasteiger partial charge in [0.1, 0.15) is 23.7 Å². The molecule has 3 fully saturated rings. The van der Waals surface area contributed by atoms with Gasteiger partial charge in [0.25, 0.3) is 5.91 Å². The van der Waals surface area contributed by atoms with E-state index in [2.05, 4.69) is 19.9 Å². The van der Waals surface area contributed by atoms with E-state index in [0.717, 1.165) is 18.4 Å². The molecular formula is C51H81NO10. The highest BCUT2D eigenvalue weighted by Gasteiger charge is 2.53. The first kappa shape index (κ1) is 51.7. The van der Waals surface area contributed by atoms with Crippen molar-refractivity contribution in [3.63, 3.8) is 0 Å². The van der Waals surface area contributed by atoms with E-state index in [1.807, 2.05) is 52.0 Å². The van der Waals surface area contributed by atoms with E-state index in [9.17, 15) is 39.6 Å². The number of carbonyl (C=O) groups is 4. The zero-order valence-electron chi connectivity index (χ0n) is 39.5. The van der Waals surface area contributed by atoms with Gasteiger partial charge in [-0.2, -0.15) is 0 Å². The molecule has 4 aliphatic rings. The summed E-state index contributed by atoms with van der Waals surface area (Å²) >= 11 is 0. The number of hydrogen-bond acceptors (Lipinski definition) is 10. The summed E-state index contributed by atoms with van der Waals surface area (Å²) in [4.78, 5) is 57.5. The van der Waals surface area contributed by atoms with Gasteiger partial charge < -0.3 is 34.8 Å². The summed E-state index contributed by atoms with van der Waals surface area (Å²) in [5.41, 5.74) is 1.63. The van der Waals surface area contributed by atoms with E-state index in [1.54, 1.807) is 33.8 Å². The molecule has 16 atom stereocenters. The lowest BCUT2D eigenvalue weighted by Gasteiger charge is -2.46. The van der Waals surface area contributed by atoms with Gasteiger partial charge in [0.05, 0.1) is 18.3 Å². The topological polar surface area (TPSA) is 171 Å². The van der Waals surface area contributed by atoms with Crippen LogP contribution in [0.25, 0.3) is 0 Å². The highest BCUT2D eigenvalue weighted by molar-refractivity contribution is 5.88. The Balaban J connectivity index is 1.67. The van der Waals surface area contributed by atoms with Crippen LogP contribution in [0.3, 0.4) is 0 Å². The first-order chi connectivity index (χ1) is 29.1. The van der Waals surface area contributed by atoms with Crippen LogP contribution in [-0.2, 0) is 28.7 Å². The second-order valence-electron chi connectivity index (χ2n) is 20.3. The molecule has 11 nitrogen and oxygen atoms in total. The molecule has 0 aromatic carbocycles. The Morgan fingerprint density at radius 1 is 0.823 bits per heavy atom. The van der Waals surface area contributed by atoms with Gasteiger partial charge >= 0.3 is 5.97 Å². The van der Waals surface area contributed by atoms with E-state index in [0.29, 0.717) is 63.4 Å². The van der Waals surface area contributed by atoms with Crippen molar-refractivity contribution in [2.24, 2.45) is 53.3 Å². The third-order valence-corrected chi connectivity index (χ3v) is 14.9. The van der Waals surface area contributed by atoms with Gasteiger partial charge in [0.2, 0.25) is 5.79 Å². The lowest BCUT2D eigenvalue weighted by Crippen LogP contribution is -2.63. The summed E-state index contributed by atoms with van der Waals surface area (Å²) in [5, 5.41) is 45.4. The van der Waals surface area contributed by atoms with E-state index in [4.69, 9.17) is 9.47 Å². The molecule has 2 bridgehead atoms. The third-order valence-electron chi connectivity index (χ3n) is 14.9. The molecule has 11 heteroatoms. The van der Waals surface area contributed by atoms with Crippen molar-refractivity contribution in [3.05, 3.63) is 47.6 Å². The van der Waals surface area contributed by atoms with Crippen molar-refractivity contribution in [2.75, 3.05) is 6.54 Å². The molecule has 0 spiro atoms. The van der Waals surface area contributed by atoms with Crippen LogP contribution in [0.4, 0.5) is 0 Å². The van der Waals surface area contributed by atoms with E-state index in [1.165, 1.54) is 4.90 Å². The fourth-order valence-electron chi connectivity index (χ4n) is 10.3. The van der Waals surface area contributed by atoms with E-state index >= 15 is 0 Å². The molecule has 0 radical (unpaired) electrons. The number of fused-ring (bicyclic) bond motifs is 3. The molecule has 350 valence electrons. The summed E-state index contributed by atoms with van der Waals surface area (Å²) in [6, 6.07) is -1.02. The number of esters is 1. The van der Waals surface area contributed by atoms with Crippen molar-refractivity contribution in [1.29, 1.82) is 0 Å². The lowest BCUT2D eigenvalue weighted by atomic mass is 9.75. The third kappa shape index (κ3) is 13.5. The summed E-state index contributed by atoms with van der Waals surface area (Å²) in [7, 11) is 0. The average Bonchev–Trinajstić information content (AvgIpc) is 3.23. The van der Waals surface area contributed by atoms with Crippen LogP contribution in [0.1, 0.15) is 146 Å². The Morgan fingerprint density at radius 2 is 1.53 bits per heavy atom. The summed E-state index contributed by atoms with van der Waals surface area (Å²) in [6.07, 6.45) is 14.0. The number of piperidine rings is 1. The quantitative estimate of drug-likeness (QED) is 0.162. The largest absolute Gasteiger partial charge is 0.460 e. The van der Waals surface area contributed by atoms with Crippen LogP contribution in [0, 0.1) is 53.3 Å². The molecule has 3 aliphatic heterocycles. The number of allylic oxidation sites excluding steroid dienone is 7. The Labute approximate surface area is 372 Å². The Hall–Kier alpha value is -2.96. The average molecular weight is 868 g/mol. The predicted molar refractivity (Wildman–Crippen MR) is 241 cm³/mol. The molecule has 0 aromatic rings. The van der Waals surface area contributed by atoms with Gasteiger partial charge in [-0.25, -0.2) is 4.79 Å². The number of aliphatic hydroxyl groups excluding tert-OH is 3. The standard InChI is InChI=1S/C51H81NO10/c1-30-16-12-11-13-17-31(2)32(3)28-41-21-19-38(9)51(60,62-41)48(57)49(58)52-23-15-14-18-42(52)50(59)61-45(35(6)27-40-20-22-43(53)34(5)26-40)29-44(54)33(4)25-37(8)47(56)39(10)46(55)36(7)24-30/h11-13,16-17,25,30,32-36,38-43,45,47-48,53,56-57,60H,14-15,18-24,26-29H2,1-10H3/b13-11+,16-12+,31-17+,37-25+/t30-,32+,33-,34-,35-,36-,38-,39+,40-,41+,42?,43-,45+,47-,48+,51-/m1/s1. The van der Waals surface area contributed by atoms with Crippen molar-refractivity contribution in [3.8, 4) is 0 Å². The number of Topliss-reactive ketones (excluding diaryl/α,β-unsaturated/α-hetero) is 2. The lowest BCUT2D eigenvalue weighted by molar-refractivity contribution is -0.316. The molecule has 1 amide bonds. The van der Waals surface area contributed by atoms with Crippen LogP contribution in [0.5, 0.6) is 0 Å². The van der Waals surface area contributed by atoms with Gasteiger partial charge in [-0.3, -0.25) is 14.4 Å². The van der Waals surface area contributed by atoms with Crippen LogP contribution in [-0.4, -0.2) is 97.7 Å². The minimum atomic E-state index is -2.16. The number of ketones is 2. The fourth-order valence-corrected chi connectivity index (χ4v) is 10.3. The number of nitrogens with zero attached hydrogens (tertiary/aromatic N) is 1. The first-order valence-corrected chi connectivity index (χ1v) is 23.9. The predicted octanol–water partition coefficient (Wildman–Crippen LogP) is 7.84. The zero-order chi connectivity index (χ0) is 46.1. The summed E-state index contributed by atoms with van der Waals surface area (Å²) in [5.74, 6) is -5.63. The zero-order valence-corrected chi connectivity index (χ0v) is 39.5. The number of amides is 1. The normalized spacial score (nSPS) is 43.0. The maximum absolute atomic E-state index is 14.3. The number of carbonyl (C=O) groups excluding carboxylic acids is 4. The van der Waals surface area contributed by atoms with Gasteiger partial charge in [-0.1, -0.05) is 97.4 Å². The SMILES string of the molecule is C/C1=C\[C@@H](C)C(=O)C[C@@H]([C@H](C)C[C@@H]2CC[C@@H](O)[C@H](C)C2)OC(=O)C2CCCCN2C(=O)[C@H](O)[C@]2(O)O[C@@H](CC[C@H]2C)C[C@H](C)/C(C)=C/C=C/C=C/[C@@H](C)C[C@@H](C)C(=O)[C@H](C)[C@@H]1O. The van der Waals surface area contributed by atoms with Crippen molar-refractivity contribution < 1.29 is 49.1 Å². The van der Waals surface area contributed by atoms with Crippen molar-refractivity contribution in [2.45, 2.75) is 189 Å². The molecule has 3 heterocycles. The number of ether oxygens (including phenoxy) is 2. The number of cyclic esters (lactones) is 1. The van der Waals surface area contributed by atoms with Gasteiger partial charge in [0, 0.05) is 36.6 Å². The summed E-state index contributed by atoms with van der Waals surface area (Å²) in [6.45, 7) is 19.3. The second kappa shape index (κ2) is 23.3.